The number of nitrogens with two attached hydrogens (primary N) is 1. The molecule has 15 heavy (non-hydrogen) atoms. The normalized spacial score (nSPS) is 12.5. The quantitative estimate of drug-likeness (QED) is 0.827. The minimum atomic E-state index is 0.471. The van der Waals surface area contributed by atoms with E-state index in [2.05, 4.69) is 28.0 Å². The summed E-state index contributed by atoms with van der Waals surface area (Å²) in [6, 6.07) is 0.483. The fourth-order valence-corrected chi connectivity index (χ4v) is 2.27. The maximum atomic E-state index is 5.61. The van der Waals surface area contributed by atoms with Crippen LogP contribution >= 0.6 is 11.8 Å². The number of hydrogen-bond donors (Lipinski definition) is 1. The monoisotopic (exact) mass is 226 g/mol. The summed E-state index contributed by atoms with van der Waals surface area (Å²) in [4.78, 5) is 10.4. The van der Waals surface area contributed by atoms with Gasteiger partial charge in [0.1, 0.15) is 11.6 Å². The largest absolute Gasteiger partial charge is 0.382 e. The van der Waals surface area contributed by atoms with Crippen LogP contribution in [0.25, 0.3) is 0 Å². The van der Waals surface area contributed by atoms with Gasteiger partial charge in [-0.3, -0.25) is 4.98 Å². The Bertz CT molecular complexity index is 305. The third-order valence-corrected chi connectivity index (χ3v) is 3.10. The molecule has 1 aromatic rings. The molecule has 0 aliphatic heterocycles. The fraction of sp³-hybridized carbons (Fsp3) is 0.600. The number of nitrogen functional groups attached to an aromatic ring is 1. The molecule has 1 unspecified atom stereocenters. The van der Waals surface area contributed by atoms with E-state index in [1.54, 1.807) is 12.4 Å². The average Bonchev–Trinajstić information content (AvgIpc) is 2.25. The Hall–Kier alpha value is -0.970. The smallest absolute Gasteiger partial charge is 0.149 e. The summed E-state index contributed by atoms with van der Waals surface area (Å²) in [6.07, 6.45) is 6.52. The van der Waals surface area contributed by atoms with E-state index in [-0.39, 0.29) is 0 Å². The van der Waals surface area contributed by atoms with Crippen molar-refractivity contribution in [1.29, 1.82) is 0 Å². The molecule has 0 saturated carbocycles. The first-order valence-electron chi connectivity index (χ1n) is 4.98. The molecule has 0 amide bonds. The first-order chi connectivity index (χ1) is 7.19. The SMILES string of the molecule is CCC(CSC)N(C)c1cncc(N)n1. The first-order valence-corrected chi connectivity index (χ1v) is 6.37. The lowest BCUT2D eigenvalue weighted by atomic mass is 10.2. The third kappa shape index (κ3) is 3.27. The second-order valence-electron chi connectivity index (χ2n) is 3.43. The zero-order valence-electron chi connectivity index (χ0n) is 9.47. The Morgan fingerprint density at radius 1 is 1.53 bits per heavy atom. The maximum Gasteiger partial charge on any atom is 0.149 e. The van der Waals surface area contributed by atoms with Crippen LogP contribution in [0.5, 0.6) is 0 Å². The summed E-state index contributed by atoms with van der Waals surface area (Å²) in [5.74, 6) is 2.40. The molecule has 0 aliphatic carbocycles. The molecule has 0 radical (unpaired) electrons. The van der Waals surface area contributed by atoms with Crippen LogP contribution in [-0.4, -0.2) is 35.1 Å². The molecule has 1 rings (SSSR count). The van der Waals surface area contributed by atoms with Gasteiger partial charge in [-0.1, -0.05) is 6.92 Å². The van der Waals surface area contributed by atoms with Crippen LogP contribution in [0.1, 0.15) is 13.3 Å². The van der Waals surface area contributed by atoms with Crippen LogP contribution in [0.3, 0.4) is 0 Å². The molecule has 0 aliphatic rings. The summed E-state index contributed by atoms with van der Waals surface area (Å²) >= 11 is 1.84. The van der Waals surface area contributed by atoms with Crippen LogP contribution in [0.15, 0.2) is 12.4 Å². The Morgan fingerprint density at radius 3 is 2.80 bits per heavy atom. The Morgan fingerprint density at radius 2 is 2.27 bits per heavy atom. The van der Waals surface area contributed by atoms with Gasteiger partial charge in [-0.2, -0.15) is 11.8 Å². The van der Waals surface area contributed by atoms with Gasteiger partial charge in [0.2, 0.25) is 0 Å². The number of anilines is 2. The van der Waals surface area contributed by atoms with Gasteiger partial charge in [0, 0.05) is 18.8 Å². The lowest BCUT2D eigenvalue weighted by molar-refractivity contribution is 0.665. The number of nitrogens with zero attached hydrogens (tertiary/aromatic N) is 3. The molecule has 5 heteroatoms. The average molecular weight is 226 g/mol. The Labute approximate surface area is 95.3 Å². The van der Waals surface area contributed by atoms with Gasteiger partial charge in [-0.05, 0) is 12.7 Å². The second kappa shape index (κ2) is 5.80. The molecule has 0 fully saturated rings. The van der Waals surface area contributed by atoms with E-state index in [1.165, 1.54) is 0 Å². The van der Waals surface area contributed by atoms with Crippen molar-refractivity contribution in [1.82, 2.24) is 9.97 Å². The number of thioether (sulfide) groups is 1. The van der Waals surface area contributed by atoms with Crippen molar-refractivity contribution in [2.24, 2.45) is 0 Å². The number of rotatable bonds is 5. The molecule has 0 saturated heterocycles. The molecule has 1 atom stereocenters. The molecule has 0 aromatic carbocycles. The standard InChI is InChI=1S/C10H18N4S/c1-4-8(7-15-3)14(2)10-6-12-5-9(11)13-10/h5-6,8H,4,7H2,1-3H3,(H2,11,13). The number of aromatic nitrogens is 2. The van der Waals surface area contributed by atoms with Crippen molar-refractivity contribution >= 4 is 23.4 Å². The molecule has 1 aromatic heterocycles. The highest BCUT2D eigenvalue weighted by Gasteiger charge is 2.13. The van der Waals surface area contributed by atoms with Crippen LogP contribution in [0.2, 0.25) is 0 Å². The van der Waals surface area contributed by atoms with Crippen LogP contribution in [-0.2, 0) is 0 Å². The van der Waals surface area contributed by atoms with E-state index in [1.807, 2.05) is 18.8 Å². The van der Waals surface area contributed by atoms with Gasteiger partial charge in [-0.15, -0.1) is 0 Å². The minimum absolute atomic E-state index is 0.471. The van der Waals surface area contributed by atoms with E-state index in [4.69, 9.17) is 5.73 Å². The highest BCUT2D eigenvalue weighted by atomic mass is 32.2. The third-order valence-electron chi connectivity index (χ3n) is 2.38. The molecule has 2 N–H and O–H groups in total. The van der Waals surface area contributed by atoms with Crippen molar-refractivity contribution in [3.05, 3.63) is 12.4 Å². The van der Waals surface area contributed by atoms with Gasteiger partial charge >= 0.3 is 0 Å². The van der Waals surface area contributed by atoms with Crippen molar-refractivity contribution in [2.45, 2.75) is 19.4 Å². The maximum absolute atomic E-state index is 5.61. The summed E-state index contributed by atoms with van der Waals surface area (Å²) < 4.78 is 0. The van der Waals surface area contributed by atoms with Crippen molar-refractivity contribution in [2.75, 3.05) is 29.7 Å². The van der Waals surface area contributed by atoms with E-state index in [0.29, 0.717) is 11.9 Å². The summed E-state index contributed by atoms with van der Waals surface area (Å²) in [5.41, 5.74) is 5.61. The zero-order chi connectivity index (χ0) is 11.3. The Kier molecular flexibility index (Phi) is 4.68. The molecular formula is C10H18N4S. The van der Waals surface area contributed by atoms with Gasteiger partial charge < -0.3 is 10.6 Å². The van der Waals surface area contributed by atoms with Gasteiger partial charge in [0.05, 0.1) is 12.4 Å². The number of hydrogen-bond acceptors (Lipinski definition) is 5. The van der Waals surface area contributed by atoms with Crippen molar-refractivity contribution in [3.8, 4) is 0 Å². The summed E-state index contributed by atoms with van der Waals surface area (Å²) in [5, 5.41) is 0. The Balaban J connectivity index is 2.77. The molecule has 4 nitrogen and oxygen atoms in total. The molecule has 0 spiro atoms. The van der Waals surface area contributed by atoms with Gasteiger partial charge in [0.15, 0.2) is 0 Å². The molecule has 0 bridgehead atoms. The predicted molar refractivity (Wildman–Crippen MR) is 67.3 cm³/mol. The topological polar surface area (TPSA) is 55.0 Å². The van der Waals surface area contributed by atoms with E-state index < -0.39 is 0 Å². The van der Waals surface area contributed by atoms with Gasteiger partial charge in [-0.25, -0.2) is 4.98 Å². The minimum Gasteiger partial charge on any atom is -0.382 e. The zero-order valence-corrected chi connectivity index (χ0v) is 10.3. The lowest BCUT2D eigenvalue weighted by Crippen LogP contribution is -2.33. The molecule has 84 valence electrons. The molecular weight excluding hydrogens is 208 g/mol. The van der Waals surface area contributed by atoms with Crippen LogP contribution < -0.4 is 10.6 Å². The van der Waals surface area contributed by atoms with E-state index in [9.17, 15) is 0 Å². The first kappa shape index (κ1) is 12.1. The van der Waals surface area contributed by atoms with Crippen LogP contribution in [0, 0.1) is 0 Å². The van der Waals surface area contributed by atoms with E-state index >= 15 is 0 Å². The van der Waals surface area contributed by atoms with Crippen molar-refractivity contribution in [3.63, 3.8) is 0 Å². The van der Waals surface area contributed by atoms with Gasteiger partial charge in [0.25, 0.3) is 0 Å². The van der Waals surface area contributed by atoms with Crippen molar-refractivity contribution < 1.29 is 0 Å². The highest BCUT2D eigenvalue weighted by Crippen LogP contribution is 2.16. The second-order valence-corrected chi connectivity index (χ2v) is 4.34. The van der Waals surface area contributed by atoms with Crippen LogP contribution in [0.4, 0.5) is 11.6 Å². The summed E-state index contributed by atoms with van der Waals surface area (Å²) in [7, 11) is 2.04. The lowest BCUT2D eigenvalue weighted by Gasteiger charge is -2.27. The molecule has 1 heterocycles. The fourth-order valence-electron chi connectivity index (χ4n) is 1.42. The summed E-state index contributed by atoms with van der Waals surface area (Å²) in [6.45, 7) is 2.18. The predicted octanol–water partition coefficient (Wildman–Crippen LogP) is 1.64. The highest BCUT2D eigenvalue weighted by molar-refractivity contribution is 7.98. The van der Waals surface area contributed by atoms with E-state index in [0.717, 1.165) is 18.0 Å².